The summed E-state index contributed by atoms with van der Waals surface area (Å²) in [5.74, 6) is -0.794. The Labute approximate surface area is 121 Å². The largest absolute Gasteiger partial charge is 0.469 e. The second-order valence-electron chi connectivity index (χ2n) is 4.58. The van der Waals surface area contributed by atoms with E-state index in [2.05, 4.69) is 4.74 Å². The van der Waals surface area contributed by atoms with Gasteiger partial charge in [0.25, 0.3) is 5.91 Å². The van der Waals surface area contributed by atoms with Gasteiger partial charge in [-0.1, -0.05) is 17.7 Å². The quantitative estimate of drug-likeness (QED) is 0.777. The molecule has 1 heterocycles. The van der Waals surface area contributed by atoms with Crippen LogP contribution in [0.15, 0.2) is 18.2 Å². The van der Waals surface area contributed by atoms with Gasteiger partial charge in [0.2, 0.25) is 0 Å². The lowest BCUT2D eigenvalue weighted by molar-refractivity contribution is -0.142. The van der Waals surface area contributed by atoms with Crippen LogP contribution in [0, 0.1) is 0 Å². The van der Waals surface area contributed by atoms with Crippen LogP contribution in [0.4, 0.5) is 0 Å². The van der Waals surface area contributed by atoms with Gasteiger partial charge >= 0.3 is 5.97 Å². The van der Waals surface area contributed by atoms with E-state index in [0.29, 0.717) is 17.1 Å². The molecule has 1 amide bonds. The minimum atomic E-state index is -0.429. The van der Waals surface area contributed by atoms with Gasteiger partial charge in [-0.3, -0.25) is 14.4 Å². The third kappa shape index (κ3) is 3.17. The number of methoxy groups -OCH3 is 1. The number of ketones is 1. The molecule has 0 unspecified atom stereocenters. The molecule has 1 aliphatic rings. The molecule has 0 aliphatic carbocycles. The van der Waals surface area contributed by atoms with Crippen LogP contribution < -0.4 is 0 Å². The number of hydrogen-bond donors (Lipinski definition) is 0. The molecular formula is C14H14ClNO4. The first-order chi connectivity index (χ1) is 9.51. The van der Waals surface area contributed by atoms with E-state index in [-0.39, 0.29) is 31.1 Å². The van der Waals surface area contributed by atoms with Gasteiger partial charge in [0.1, 0.15) is 0 Å². The SMILES string of the molecule is COC(=O)CCC(=O)CN1Cc2ccc(Cl)cc2C1=O. The number of carbonyl (C=O) groups excluding carboxylic acids is 3. The molecule has 0 bridgehead atoms. The van der Waals surface area contributed by atoms with Crippen LogP contribution >= 0.6 is 11.6 Å². The highest BCUT2D eigenvalue weighted by molar-refractivity contribution is 6.31. The predicted molar refractivity (Wildman–Crippen MR) is 72.4 cm³/mol. The van der Waals surface area contributed by atoms with Crippen LogP contribution in [0.3, 0.4) is 0 Å². The Morgan fingerprint density at radius 1 is 1.35 bits per heavy atom. The van der Waals surface area contributed by atoms with Crippen LogP contribution in [0.25, 0.3) is 0 Å². The monoisotopic (exact) mass is 295 g/mol. The average Bonchev–Trinajstić information content (AvgIpc) is 2.73. The summed E-state index contributed by atoms with van der Waals surface area (Å²) in [5.41, 5.74) is 1.40. The molecule has 1 aliphatic heterocycles. The highest BCUT2D eigenvalue weighted by atomic mass is 35.5. The molecule has 1 aromatic carbocycles. The van der Waals surface area contributed by atoms with Gasteiger partial charge in [-0.2, -0.15) is 0 Å². The Balaban J connectivity index is 1.95. The number of benzene rings is 1. The van der Waals surface area contributed by atoms with Gasteiger partial charge in [-0.25, -0.2) is 0 Å². The Hall–Kier alpha value is -1.88. The molecule has 6 heteroatoms. The van der Waals surface area contributed by atoms with Crippen molar-refractivity contribution in [3.05, 3.63) is 34.3 Å². The number of halogens is 1. The first-order valence-corrected chi connectivity index (χ1v) is 6.55. The average molecular weight is 296 g/mol. The van der Waals surface area contributed by atoms with E-state index in [9.17, 15) is 14.4 Å². The zero-order chi connectivity index (χ0) is 14.7. The molecule has 0 N–H and O–H groups in total. The zero-order valence-electron chi connectivity index (χ0n) is 11.0. The van der Waals surface area contributed by atoms with Crippen molar-refractivity contribution < 1.29 is 19.1 Å². The van der Waals surface area contributed by atoms with Crippen LogP contribution in [0.1, 0.15) is 28.8 Å². The molecule has 0 radical (unpaired) electrons. The molecule has 2 rings (SSSR count). The second kappa shape index (κ2) is 6.05. The maximum Gasteiger partial charge on any atom is 0.305 e. The van der Waals surface area contributed by atoms with Crippen LogP contribution in [0.5, 0.6) is 0 Å². The van der Waals surface area contributed by atoms with Crippen LogP contribution in [-0.2, 0) is 20.9 Å². The van der Waals surface area contributed by atoms with Crippen LogP contribution in [0.2, 0.25) is 5.02 Å². The summed E-state index contributed by atoms with van der Waals surface area (Å²) >= 11 is 5.85. The van der Waals surface area contributed by atoms with E-state index < -0.39 is 5.97 Å². The van der Waals surface area contributed by atoms with Crippen molar-refractivity contribution in [2.75, 3.05) is 13.7 Å². The van der Waals surface area contributed by atoms with Crippen molar-refractivity contribution in [2.24, 2.45) is 0 Å². The summed E-state index contributed by atoms with van der Waals surface area (Å²) in [6.07, 6.45) is 0.115. The van der Waals surface area contributed by atoms with Gasteiger partial charge in [-0.05, 0) is 17.7 Å². The van der Waals surface area contributed by atoms with E-state index in [0.717, 1.165) is 5.56 Å². The van der Waals surface area contributed by atoms with Gasteiger partial charge in [0.15, 0.2) is 5.78 Å². The summed E-state index contributed by atoms with van der Waals surface area (Å²) in [4.78, 5) is 36.3. The van der Waals surface area contributed by atoms with E-state index >= 15 is 0 Å². The first kappa shape index (κ1) is 14.5. The molecule has 5 nitrogen and oxygen atoms in total. The normalized spacial score (nSPS) is 13.3. The molecule has 0 aromatic heterocycles. The lowest BCUT2D eigenvalue weighted by atomic mass is 10.1. The minimum absolute atomic E-state index is 0.00211. The summed E-state index contributed by atoms with van der Waals surface area (Å²) in [5, 5.41) is 0.496. The van der Waals surface area contributed by atoms with Gasteiger partial charge in [-0.15, -0.1) is 0 Å². The smallest absolute Gasteiger partial charge is 0.305 e. The maximum atomic E-state index is 12.1. The molecule has 0 spiro atoms. The highest BCUT2D eigenvalue weighted by Gasteiger charge is 2.28. The number of carbonyl (C=O) groups is 3. The van der Waals surface area contributed by atoms with Crippen molar-refractivity contribution in [3.8, 4) is 0 Å². The molecule has 0 atom stereocenters. The van der Waals surface area contributed by atoms with E-state index in [1.807, 2.05) is 0 Å². The second-order valence-corrected chi connectivity index (χ2v) is 5.01. The molecular weight excluding hydrogens is 282 g/mol. The molecule has 20 heavy (non-hydrogen) atoms. The molecule has 1 aromatic rings. The van der Waals surface area contributed by atoms with Crippen molar-refractivity contribution in [1.82, 2.24) is 4.90 Å². The fourth-order valence-corrected chi connectivity index (χ4v) is 2.27. The number of rotatable bonds is 5. The summed E-state index contributed by atoms with van der Waals surface area (Å²) < 4.78 is 4.47. The predicted octanol–water partition coefficient (Wildman–Crippen LogP) is 1.82. The number of ether oxygens (including phenoxy) is 1. The standard InChI is InChI=1S/C14H14ClNO4/c1-20-13(18)5-4-11(17)8-16-7-9-2-3-10(15)6-12(9)14(16)19/h2-3,6H,4-5,7-8H2,1H3. The van der Waals surface area contributed by atoms with Gasteiger partial charge < -0.3 is 9.64 Å². The fraction of sp³-hybridized carbons (Fsp3) is 0.357. The van der Waals surface area contributed by atoms with Crippen molar-refractivity contribution >= 4 is 29.3 Å². The molecule has 106 valence electrons. The molecule has 0 fully saturated rings. The van der Waals surface area contributed by atoms with E-state index in [1.165, 1.54) is 12.0 Å². The number of fused-ring (bicyclic) bond motifs is 1. The van der Waals surface area contributed by atoms with Gasteiger partial charge in [0, 0.05) is 23.6 Å². The lowest BCUT2D eigenvalue weighted by Crippen LogP contribution is -2.30. The number of esters is 1. The highest BCUT2D eigenvalue weighted by Crippen LogP contribution is 2.25. The molecule has 0 saturated heterocycles. The maximum absolute atomic E-state index is 12.1. The topological polar surface area (TPSA) is 63.7 Å². The molecule has 0 saturated carbocycles. The Bertz CT molecular complexity index is 570. The number of amides is 1. The van der Waals surface area contributed by atoms with Crippen LogP contribution in [-0.4, -0.2) is 36.2 Å². The van der Waals surface area contributed by atoms with E-state index in [1.54, 1.807) is 18.2 Å². The summed E-state index contributed by atoms with van der Waals surface area (Å²) in [6.45, 7) is 0.400. The Morgan fingerprint density at radius 2 is 2.10 bits per heavy atom. The summed E-state index contributed by atoms with van der Waals surface area (Å²) in [7, 11) is 1.27. The number of nitrogens with zero attached hydrogens (tertiary/aromatic N) is 1. The Morgan fingerprint density at radius 3 is 2.80 bits per heavy atom. The minimum Gasteiger partial charge on any atom is -0.469 e. The first-order valence-electron chi connectivity index (χ1n) is 6.17. The van der Waals surface area contributed by atoms with Crippen molar-refractivity contribution in [3.63, 3.8) is 0 Å². The third-order valence-corrected chi connectivity index (χ3v) is 3.39. The van der Waals surface area contributed by atoms with Crippen molar-refractivity contribution in [1.29, 1.82) is 0 Å². The van der Waals surface area contributed by atoms with E-state index in [4.69, 9.17) is 11.6 Å². The van der Waals surface area contributed by atoms with Crippen molar-refractivity contribution in [2.45, 2.75) is 19.4 Å². The third-order valence-electron chi connectivity index (χ3n) is 3.15. The number of Topliss-reactive ketones (excluding diaryl/α,β-unsaturated/α-hetero) is 1. The fourth-order valence-electron chi connectivity index (χ4n) is 2.10. The Kier molecular flexibility index (Phi) is 4.39. The number of hydrogen-bond acceptors (Lipinski definition) is 4. The summed E-state index contributed by atoms with van der Waals surface area (Å²) in [6, 6.07) is 5.11. The lowest BCUT2D eigenvalue weighted by Gasteiger charge is -2.14. The zero-order valence-corrected chi connectivity index (χ0v) is 11.8. The van der Waals surface area contributed by atoms with Gasteiger partial charge in [0.05, 0.1) is 20.1 Å².